The minimum atomic E-state index is 0.192. The molecule has 2 heterocycles. The molecule has 1 amide bonds. The van der Waals surface area contributed by atoms with Crippen molar-refractivity contribution in [2.75, 3.05) is 13.1 Å². The van der Waals surface area contributed by atoms with Crippen LogP contribution in [0.1, 0.15) is 30.5 Å². The number of carbonyl (C=O) groups is 1. The van der Waals surface area contributed by atoms with Crippen molar-refractivity contribution in [3.8, 4) is 0 Å². The van der Waals surface area contributed by atoms with Gasteiger partial charge in [0.05, 0.1) is 5.69 Å². The largest absolute Gasteiger partial charge is 0.341 e. The lowest BCUT2D eigenvalue weighted by Gasteiger charge is -2.33. The van der Waals surface area contributed by atoms with Crippen LogP contribution < -0.4 is 0 Å². The van der Waals surface area contributed by atoms with Crippen LogP contribution in [0.2, 0.25) is 0 Å². The predicted molar refractivity (Wildman–Crippen MR) is 91.0 cm³/mol. The molecular formula is C19H25N3O. The number of likely N-dealkylation sites (tertiary alicyclic amines) is 1. The molecule has 4 heteroatoms. The summed E-state index contributed by atoms with van der Waals surface area (Å²) in [4.78, 5) is 14.5. The minimum absolute atomic E-state index is 0.192. The summed E-state index contributed by atoms with van der Waals surface area (Å²) >= 11 is 0. The summed E-state index contributed by atoms with van der Waals surface area (Å²) < 4.78 is 1.74. The van der Waals surface area contributed by atoms with Gasteiger partial charge in [-0.1, -0.05) is 30.3 Å². The van der Waals surface area contributed by atoms with Crippen LogP contribution in [0.15, 0.2) is 42.6 Å². The van der Waals surface area contributed by atoms with Crippen molar-refractivity contribution in [1.29, 1.82) is 0 Å². The van der Waals surface area contributed by atoms with Gasteiger partial charge in [0.1, 0.15) is 6.54 Å². The first kappa shape index (κ1) is 15.8. The highest BCUT2D eigenvalue weighted by Crippen LogP contribution is 2.22. The summed E-state index contributed by atoms with van der Waals surface area (Å²) in [6.45, 7) is 4.09. The number of piperidine rings is 1. The summed E-state index contributed by atoms with van der Waals surface area (Å²) in [6.07, 6.45) is 6.49. The topological polar surface area (TPSA) is 38.1 Å². The third-order valence-electron chi connectivity index (χ3n) is 4.63. The van der Waals surface area contributed by atoms with E-state index in [9.17, 15) is 4.79 Å². The summed E-state index contributed by atoms with van der Waals surface area (Å²) in [6, 6.07) is 12.6. The third kappa shape index (κ3) is 4.44. The molecule has 0 aliphatic carbocycles. The molecule has 2 aromatic rings. The maximum absolute atomic E-state index is 12.5. The van der Waals surface area contributed by atoms with Crippen LogP contribution in [0.4, 0.5) is 0 Å². The fourth-order valence-corrected chi connectivity index (χ4v) is 3.33. The molecule has 3 rings (SSSR count). The molecule has 4 nitrogen and oxygen atoms in total. The zero-order valence-electron chi connectivity index (χ0n) is 13.8. The number of amides is 1. The Labute approximate surface area is 138 Å². The van der Waals surface area contributed by atoms with Crippen LogP contribution in [0.3, 0.4) is 0 Å². The van der Waals surface area contributed by atoms with Gasteiger partial charge in [0.25, 0.3) is 0 Å². The number of nitrogens with zero attached hydrogens (tertiary/aromatic N) is 3. The molecule has 1 atom stereocenters. The smallest absolute Gasteiger partial charge is 0.244 e. The van der Waals surface area contributed by atoms with E-state index >= 15 is 0 Å². The highest BCUT2D eigenvalue weighted by atomic mass is 16.2. The fraction of sp³-hybridized carbons (Fsp3) is 0.474. The standard InChI is InChI=1S/C19H25N3O/c1-16-11-13-22(20-16)15-19(23)21-12-5-8-18(14-21)10-9-17-6-3-2-4-7-17/h2-4,6-7,11,13,18H,5,8-10,12,14-15H2,1H3/t18-/m1/s1. The summed E-state index contributed by atoms with van der Waals surface area (Å²) in [5.41, 5.74) is 2.35. The highest BCUT2D eigenvalue weighted by Gasteiger charge is 2.23. The van der Waals surface area contributed by atoms with Crippen molar-refractivity contribution in [3.05, 3.63) is 53.9 Å². The van der Waals surface area contributed by atoms with Crippen molar-refractivity contribution >= 4 is 5.91 Å². The zero-order chi connectivity index (χ0) is 16.1. The number of hydrogen-bond donors (Lipinski definition) is 0. The van der Waals surface area contributed by atoms with Crippen molar-refractivity contribution < 1.29 is 4.79 Å². The Balaban J connectivity index is 1.50. The first-order valence-electron chi connectivity index (χ1n) is 8.52. The SMILES string of the molecule is Cc1ccn(CC(=O)N2CCC[C@H](CCc3ccccc3)C2)n1. The van der Waals surface area contributed by atoms with Crippen molar-refractivity contribution in [3.63, 3.8) is 0 Å². The average molecular weight is 311 g/mol. The van der Waals surface area contributed by atoms with E-state index in [4.69, 9.17) is 0 Å². The van der Waals surface area contributed by atoms with Gasteiger partial charge in [-0.05, 0) is 50.2 Å². The van der Waals surface area contributed by atoms with Gasteiger partial charge in [-0.3, -0.25) is 9.48 Å². The van der Waals surface area contributed by atoms with E-state index in [1.165, 1.54) is 12.0 Å². The molecule has 23 heavy (non-hydrogen) atoms. The average Bonchev–Trinajstić information content (AvgIpc) is 2.99. The van der Waals surface area contributed by atoms with Crippen LogP contribution in [-0.2, 0) is 17.8 Å². The Morgan fingerprint density at radius 2 is 2.09 bits per heavy atom. The first-order chi connectivity index (χ1) is 11.2. The molecule has 122 valence electrons. The summed E-state index contributed by atoms with van der Waals surface area (Å²) in [7, 11) is 0. The van der Waals surface area contributed by atoms with E-state index in [2.05, 4.69) is 35.4 Å². The normalized spacial score (nSPS) is 18.1. The van der Waals surface area contributed by atoms with Crippen LogP contribution in [-0.4, -0.2) is 33.7 Å². The molecular weight excluding hydrogens is 286 g/mol. The lowest BCUT2D eigenvalue weighted by molar-refractivity contribution is -0.133. The fourth-order valence-electron chi connectivity index (χ4n) is 3.33. The van der Waals surface area contributed by atoms with E-state index < -0.39 is 0 Å². The van der Waals surface area contributed by atoms with Crippen molar-refractivity contribution in [2.45, 2.75) is 39.2 Å². The third-order valence-corrected chi connectivity index (χ3v) is 4.63. The Hall–Kier alpha value is -2.10. The van der Waals surface area contributed by atoms with Crippen molar-refractivity contribution in [2.24, 2.45) is 5.92 Å². The van der Waals surface area contributed by atoms with Gasteiger partial charge in [0, 0.05) is 19.3 Å². The van der Waals surface area contributed by atoms with Crippen LogP contribution in [0, 0.1) is 12.8 Å². The molecule has 1 aliphatic heterocycles. The Bertz CT molecular complexity index is 635. The molecule has 0 radical (unpaired) electrons. The molecule has 0 saturated carbocycles. The first-order valence-corrected chi connectivity index (χ1v) is 8.52. The Morgan fingerprint density at radius 3 is 2.83 bits per heavy atom. The molecule has 1 saturated heterocycles. The van der Waals surface area contributed by atoms with Crippen molar-refractivity contribution in [1.82, 2.24) is 14.7 Å². The highest BCUT2D eigenvalue weighted by molar-refractivity contribution is 5.76. The van der Waals surface area contributed by atoms with E-state index in [0.29, 0.717) is 12.5 Å². The Kier molecular flexibility index (Phi) is 5.11. The van der Waals surface area contributed by atoms with E-state index in [0.717, 1.165) is 38.0 Å². The van der Waals surface area contributed by atoms with Gasteiger partial charge >= 0.3 is 0 Å². The van der Waals surface area contributed by atoms with Gasteiger partial charge in [0.15, 0.2) is 0 Å². The second kappa shape index (κ2) is 7.44. The van der Waals surface area contributed by atoms with E-state index in [1.54, 1.807) is 4.68 Å². The molecule has 1 fully saturated rings. The summed E-state index contributed by atoms with van der Waals surface area (Å²) in [5, 5.41) is 4.31. The van der Waals surface area contributed by atoms with Crippen LogP contribution in [0.5, 0.6) is 0 Å². The van der Waals surface area contributed by atoms with E-state index in [-0.39, 0.29) is 5.91 Å². The van der Waals surface area contributed by atoms with Gasteiger partial charge in [-0.2, -0.15) is 5.10 Å². The summed E-state index contributed by atoms with van der Waals surface area (Å²) in [5.74, 6) is 0.810. The minimum Gasteiger partial charge on any atom is -0.341 e. The second-order valence-electron chi connectivity index (χ2n) is 6.53. The quantitative estimate of drug-likeness (QED) is 0.851. The monoisotopic (exact) mass is 311 g/mol. The van der Waals surface area contributed by atoms with Gasteiger partial charge in [-0.15, -0.1) is 0 Å². The molecule has 0 N–H and O–H groups in total. The van der Waals surface area contributed by atoms with Crippen LogP contribution >= 0.6 is 0 Å². The molecule has 0 bridgehead atoms. The molecule has 1 aromatic carbocycles. The zero-order valence-corrected chi connectivity index (χ0v) is 13.8. The molecule has 1 aliphatic rings. The second-order valence-corrected chi connectivity index (χ2v) is 6.53. The molecule has 0 spiro atoms. The number of benzene rings is 1. The van der Waals surface area contributed by atoms with Gasteiger partial charge in [-0.25, -0.2) is 0 Å². The lowest BCUT2D eigenvalue weighted by atomic mass is 9.91. The number of aryl methyl sites for hydroxylation is 2. The molecule has 1 aromatic heterocycles. The number of rotatable bonds is 5. The molecule has 0 unspecified atom stereocenters. The Morgan fingerprint density at radius 1 is 1.26 bits per heavy atom. The van der Waals surface area contributed by atoms with Gasteiger partial charge < -0.3 is 4.90 Å². The number of carbonyl (C=O) groups excluding carboxylic acids is 1. The maximum Gasteiger partial charge on any atom is 0.244 e. The predicted octanol–water partition coefficient (Wildman–Crippen LogP) is 3.06. The van der Waals surface area contributed by atoms with Gasteiger partial charge in [0.2, 0.25) is 5.91 Å². The van der Waals surface area contributed by atoms with E-state index in [1.807, 2.05) is 24.1 Å². The number of aromatic nitrogens is 2. The lowest BCUT2D eigenvalue weighted by Crippen LogP contribution is -2.41. The van der Waals surface area contributed by atoms with Crippen LogP contribution in [0.25, 0.3) is 0 Å². The maximum atomic E-state index is 12.5. The number of hydrogen-bond acceptors (Lipinski definition) is 2.